The summed E-state index contributed by atoms with van der Waals surface area (Å²) in [7, 11) is 0. The third-order valence-corrected chi connectivity index (χ3v) is 2.73. The fourth-order valence-corrected chi connectivity index (χ4v) is 1.64. The number of para-hydroxylation sites is 1. The van der Waals surface area contributed by atoms with Gasteiger partial charge in [0.1, 0.15) is 5.75 Å². The zero-order valence-corrected chi connectivity index (χ0v) is 11.9. The van der Waals surface area contributed by atoms with Gasteiger partial charge >= 0.3 is 0 Å². The molecule has 1 aromatic rings. The molecule has 106 valence electrons. The van der Waals surface area contributed by atoms with Gasteiger partial charge in [-0.25, -0.2) is 0 Å². The molecule has 0 bridgehead atoms. The van der Waals surface area contributed by atoms with Crippen molar-refractivity contribution < 1.29 is 14.3 Å². The van der Waals surface area contributed by atoms with E-state index in [1.54, 1.807) is 12.1 Å². The number of ether oxygens (including phenoxy) is 2. The lowest BCUT2D eigenvalue weighted by Crippen LogP contribution is -2.26. The SMILES string of the molecule is CCOCCCNC(=O)CCOc1ccccc1Cl. The van der Waals surface area contributed by atoms with Crippen LogP contribution in [0.25, 0.3) is 0 Å². The second kappa shape index (κ2) is 9.64. The Morgan fingerprint density at radius 2 is 2.11 bits per heavy atom. The fraction of sp³-hybridized carbons (Fsp3) is 0.500. The van der Waals surface area contributed by atoms with Gasteiger partial charge in [0, 0.05) is 19.8 Å². The zero-order chi connectivity index (χ0) is 13.9. The van der Waals surface area contributed by atoms with Gasteiger partial charge in [0.15, 0.2) is 0 Å². The Hall–Kier alpha value is -1.26. The van der Waals surface area contributed by atoms with E-state index in [1.165, 1.54) is 0 Å². The van der Waals surface area contributed by atoms with Crippen LogP contribution < -0.4 is 10.1 Å². The number of rotatable bonds is 9. The normalized spacial score (nSPS) is 10.2. The van der Waals surface area contributed by atoms with E-state index < -0.39 is 0 Å². The van der Waals surface area contributed by atoms with Crippen molar-refractivity contribution in [2.24, 2.45) is 0 Å². The molecule has 19 heavy (non-hydrogen) atoms. The van der Waals surface area contributed by atoms with Crippen molar-refractivity contribution in [2.45, 2.75) is 19.8 Å². The topological polar surface area (TPSA) is 47.6 Å². The minimum absolute atomic E-state index is 0.0245. The average molecular weight is 286 g/mol. The molecule has 0 unspecified atom stereocenters. The Bertz CT molecular complexity index is 385. The summed E-state index contributed by atoms with van der Waals surface area (Å²) < 4.78 is 10.6. The number of carbonyl (C=O) groups excluding carboxylic acids is 1. The molecule has 0 saturated heterocycles. The van der Waals surface area contributed by atoms with Crippen LogP contribution in [0.3, 0.4) is 0 Å². The van der Waals surface area contributed by atoms with E-state index >= 15 is 0 Å². The molecule has 1 N–H and O–H groups in total. The first kappa shape index (κ1) is 15.8. The summed E-state index contributed by atoms with van der Waals surface area (Å²) in [6, 6.07) is 7.21. The minimum Gasteiger partial charge on any atom is -0.491 e. The Morgan fingerprint density at radius 3 is 2.84 bits per heavy atom. The first-order chi connectivity index (χ1) is 9.24. The molecule has 0 heterocycles. The van der Waals surface area contributed by atoms with Gasteiger partial charge in [-0.15, -0.1) is 0 Å². The first-order valence-corrected chi connectivity index (χ1v) is 6.83. The average Bonchev–Trinajstić information content (AvgIpc) is 2.41. The number of benzene rings is 1. The summed E-state index contributed by atoms with van der Waals surface area (Å²) in [5.41, 5.74) is 0. The summed E-state index contributed by atoms with van der Waals surface area (Å²) in [6.45, 7) is 4.28. The summed E-state index contributed by atoms with van der Waals surface area (Å²) in [5, 5.41) is 3.37. The smallest absolute Gasteiger partial charge is 0.223 e. The quantitative estimate of drug-likeness (QED) is 0.710. The number of hydrogen-bond acceptors (Lipinski definition) is 3. The predicted molar refractivity (Wildman–Crippen MR) is 75.7 cm³/mol. The molecule has 0 saturated carbocycles. The van der Waals surface area contributed by atoms with E-state index in [4.69, 9.17) is 21.1 Å². The molecule has 0 aliphatic heterocycles. The van der Waals surface area contributed by atoms with Gasteiger partial charge < -0.3 is 14.8 Å². The number of amides is 1. The van der Waals surface area contributed by atoms with Gasteiger partial charge in [-0.05, 0) is 25.5 Å². The molecular weight excluding hydrogens is 266 g/mol. The van der Waals surface area contributed by atoms with E-state index in [-0.39, 0.29) is 5.91 Å². The Morgan fingerprint density at radius 1 is 1.32 bits per heavy atom. The van der Waals surface area contributed by atoms with E-state index in [9.17, 15) is 4.79 Å². The molecule has 0 fully saturated rings. The lowest BCUT2D eigenvalue weighted by molar-refractivity contribution is -0.121. The minimum atomic E-state index is -0.0245. The lowest BCUT2D eigenvalue weighted by atomic mass is 10.3. The second-order valence-electron chi connectivity index (χ2n) is 3.93. The highest BCUT2D eigenvalue weighted by molar-refractivity contribution is 6.32. The highest BCUT2D eigenvalue weighted by atomic mass is 35.5. The Balaban J connectivity index is 2.09. The Kier molecular flexibility index (Phi) is 8.02. The maximum atomic E-state index is 11.5. The van der Waals surface area contributed by atoms with Gasteiger partial charge in [-0.2, -0.15) is 0 Å². The summed E-state index contributed by atoms with van der Waals surface area (Å²) in [6.07, 6.45) is 1.14. The van der Waals surface area contributed by atoms with Gasteiger partial charge in [0.25, 0.3) is 0 Å². The molecule has 0 aliphatic rings. The van der Waals surface area contributed by atoms with Crippen molar-refractivity contribution in [3.05, 3.63) is 29.3 Å². The zero-order valence-electron chi connectivity index (χ0n) is 11.2. The third kappa shape index (κ3) is 7.03. The van der Waals surface area contributed by atoms with Crippen LogP contribution in [0.1, 0.15) is 19.8 Å². The van der Waals surface area contributed by atoms with E-state index in [0.717, 1.165) is 6.42 Å². The second-order valence-corrected chi connectivity index (χ2v) is 4.34. The van der Waals surface area contributed by atoms with E-state index in [0.29, 0.717) is 43.6 Å². The van der Waals surface area contributed by atoms with Gasteiger partial charge in [0.05, 0.1) is 18.1 Å². The fourth-order valence-electron chi connectivity index (χ4n) is 1.45. The van der Waals surface area contributed by atoms with Crippen molar-refractivity contribution in [1.82, 2.24) is 5.32 Å². The molecule has 4 nitrogen and oxygen atoms in total. The molecule has 1 rings (SSSR count). The van der Waals surface area contributed by atoms with Crippen molar-refractivity contribution in [3.8, 4) is 5.75 Å². The molecule has 1 amide bonds. The summed E-state index contributed by atoms with van der Waals surface area (Å²) in [4.78, 5) is 11.5. The van der Waals surface area contributed by atoms with E-state index in [2.05, 4.69) is 5.32 Å². The number of halogens is 1. The number of carbonyl (C=O) groups is 1. The maximum absolute atomic E-state index is 11.5. The molecule has 0 aromatic heterocycles. The number of hydrogen-bond donors (Lipinski definition) is 1. The van der Waals surface area contributed by atoms with Gasteiger partial charge in [0.2, 0.25) is 5.91 Å². The van der Waals surface area contributed by atoms with Crippen LogP contribution >= 0.6 is 11.6 Å². The molecule has 0 spiro atoms. The van der Waals surface area contributed by atoms with Crippen LogP contribution in [-0.4, -0.2) is 32.3 Å². The van der Waals surface area contributed by atoms with Crippen molar-refractivity contribution >= 4 is 17.5 Å². The van der Waals surface area contributed by atoms with Crippen LogP contribution in [-0.2, 0) is 9.53 Å². The van der Waals surface area contributed by atoms with Crippen LogP contribution in [0.15, 0.2) is 24.3 Å². The molecule has 0 atom stereocenters. The van der Waals surface area contributed by atoms with Crippen LogP contribution in [0.5, 0.6) is 5.75 Å². The van der Waals surface area contributed by atoms with E-state index in [1.807, 2.05) is 19.1 Å². The highest BCUT2D eigenvalue weighted by Crippen LogP contribution is 2.22. The van der Waals surface area contributed by atoms with Crippen molar-refractivity contribution in [2.75, 3.05) is 26.4 Å². The largest absolute Gasteiger partial charge is 0.491 e. The van der Waals surface area contributed by atoms with Crippen molar-refractivity contribution in [3.63, 3.8) is 0 Å². The van der Waals surface area contributed by atoms with Crippen LogP contribution in [0, 0.1) is 0 Å². The van der Waals surface area contributed by atoms with Gasteiger partial charge in [-0.1, -0.05) is 23.7 Å². The Labute approximate surface area is 119 Å². The standard InChI is InChI=1S/C14H20ClNO3/c1-2-18-10-5-9-16-14(17)8-11-19-13-7-4-3-6-12(13)15/h3-4,6-7H,2,5,8-11H2,1H3,(H,16,17). The number of nitrogens with one attached hydrogen (secondary N) is 1. The lowest BCUT2D eigenvalue weighted by Gasteiger charge is -2.08. The molecule has 0 aliphatic carbocycles. The third-order valence-electron chi connectivity index (χ3n) is 2.42. The predicted octanol–water partition coefficient (Wildman–Crippen LogP) is 2.65. The molecule has 1 aromatic carbocycles. The highest BCUT2D eigenvalue weighted by Gasteiger charge is 2.03. The van der Waals surface area contributed by atoms with Crippen LogP contribution in [0.4, 0.5) is 0 Å². The van der Waals surface area contributed by atoms with Crippen LogP contribution in [0.2, 0.25) is 5.02 Å². The molecule has 0 radical (unpaired) electrons. The molecular formula is C14H20ClNO3. The summed E-state index contributed by atoms with van der Waals surface area (Å²) >= 11 is 5.93. The van der Waals surface area contributed by atoms with Gasteiger partial charge in [-0.3, -0.25) is 4.79 Å². The molecule has 5 heteroatoms. The van der Waals surface area contributed by atoms with Crippen molar-refractivity contribution in [1.29, 1.82) is 0 Å². The maximum Gasteiger partial charge on any atom is 0.223 e. The summed E-state index contributed by atoms with van der Waals surface area (Å²) in [5.74, 6) is 0.580. The monoisotopic (exact) mass is 285 g/mol. The first-order valence-electron chi connectivity index (χ1n) is 6.45.